The van der Waals surface area contributed by atoms with Crippen molar-refractivity contribution in [1.29, 1.82) is 0 Å². The van der Waals surface area contributed by atoms with E-state index in [0.717, 1.165) is 13.0 Å². The normalized spacial score (nSPS) is 20.9. The van der Waals surface area contributed by atoms with E-state index in [0.29, 0.717) is 6.54 Å². The molecule has 1 unspecified atom stereocenters. The Morgan fingerprint density at radius 1 is 1.57 bits per heavy atom. The Morgan fingerprint density at radius 2 is 2.29 bits per heavy atom. The first kappa shape index (κ1) is 10.8. The van der Waals surface area contributed by atoms with Gasteiger partial charge in [-0.05, 0) is 6.42 Å². The number of likely N-dealkylation sites (tertiary alicyclic amines) is 1. The van der Waals surface area contributed by atoms with Crippen LogP contribution < -0.4 is 16.4 Å². The van der Waals surface area contributed by atoms with Crippen molar-refractivity contribution in [3.8, 4) is 0 Å². The lowest BCUT2D eigenvalue weighted by Crippen LogP contribution is -2.41. The topological polar surface area (TPSA) is 87.5 Å². The maximum Gasteiger partial charge on any atom is 0.317 e. The summed E-state index contributed by atoms with van der Waals surface area (Å²) < 4.78 is 0. The fourth-order valence-corrected chi connectivity index (χ4v) is 1.51. The smallest absolute Gasteiger partial charge is 0.317 e. The Balaban J connectivity index is 2.27. The van der Waals surface area contributed by atoms with Crippen molar-refractivity contribution in [1.82, 2.24) is 15.5 Å². The van der Waals surface area contributed by atoms with Gasteiger partial charge in [-0.3, -0.25) is 4.79 Å². The molecule has 4 N–H and O–H groups in total. The van der Waals surface area contributed by atoms with E-state index in [1.807, 2.05) is 0 Å². The molecule has 80 valence electrons. The van der Waals surface area contributed by atoms with Gasteiger partial charge in [0.05, 0.1) is 6.54 Å². The minimum Gasteiger partial charge on any atom is -0.369 e. The molecule has 0 radical (unpaired) electrons. The van der Waals surface area contributed by atoms with Crippen molar-refractivity contribution < 1.29 is 9.59 Å². The first-order chi connectivity index (χ1) is 6.63. The highest BCUT2D eigenvalue weighted by Crippen LogP contribution is 2.08. The maximum absolute atomic E-state index is 11.2. The molecular formula is C8H16N4O2. The van der Waals surface area contributed by atoms with Crippen molar-refractivity contribution in [2.24, 2.45) is 5.73 Å². The number of primary amides is 1. The Bertz CT molecular complexity index is 231. The highest BCUT2D eigenvalue weighted by molar-refractivity contribution is 5.76. The van der Waals surface area contributed by atoms with Crippen LogP contribution in [-0.4, -0.2) is 49.6 Å². The molecule has 1 rings (SSSR count). The van der Waals surface area contributed by atoms with Crippen molar-refractivity contribution >= 4 is 11.9 Å². The quantitative estimate of drug-likeness (QED) is 0.517. The molecule has 0 aromatic heterocycles. The SMILES string of the molecule is CNC(=O)N1CCC(NCC(N)=O)C1. The van der Waals surface area contributed by atoms with Crippen LogP contribution in [0.25, 0.3) is 0 Å². The average Bonchev–Trinajstić information content (AvgIpc) is 2.62. The molecule has 1 heterocycles. The van der Waals surface area contributed by atoms with Gasteiger partial charge in [0.1, 0.15) is 0 Å². The van der Waals surface area contributed by atoms with Gasteiger partial charge >= 0.3 is 6.03 Å². The summed E-state index contributed by atoms with van der Waals surface area (Å²) >= 11 is 0. The third-order valence-electron chi connectivity index (χ3n) is 2.25. The fourth-order valence-electron chi connectivity index (χ4n) is 1.51. The van der Waals surface area contributed by atoms with Gasteiger partial charge in [-0.15, -0.1) is 0 Å². The number of carbonyl (C=O) groups excluding carboxylic acids is 2. The summed E-state index contributed by atoms with van der Waals surface area (Å²) in [5, 5.41) is 5.55. The lowest BCUT2D eigenvalue weighted by Gasteiger charge is -2.15. The van der Waals surface area contributed by atoms with Crippen LogP contribution in [-0.2, 0) is 4.79 Å². The van der Waals surface area contributed by atoms with Crippen LogP contribution in [0.1, 0.15) is 6.42 Å². The number of nitrogens with two attached hydrogens (primary N) is 1. The van der Waals surface area contributed by atoms with E-state index in [4.69, 9.17) is 5.73 Å². The van der Waals surface area contributed by atoms with E-state index < -0.39 is 0 Å². The van der Waals surface area contributed by atoms with Gasteiger partial charge in [0, 0.05) is 26.2 Å². The molecule has 0 aromatic rings. The molecule has 3 amide bonds. The molecule has 0 spiro atoms. The van der Waals surface area contributed by atoms with Gasteiger partial charge in [-0.1, -0.05) is 0 Å². The monoisotopic (exact) mass is 200 g/mol. The molecule has 0 aromatic carbocycles. The zero-order valence-corrected chi connectivity index (χ0v) is 8.25. The van der Waals surface area contributed by atoms with Gasteiger partial charge in [0.25, 0.3) is 0 Å². The lowest BCUT2D eigenvalue weighted by atomic mass is 10.2. The molecular weight excluding hydrogens is 184 g/mol. The fraction of sp³-hybridized carbons (Fsp3) is 0.750. The van der Waals surface area contributed by atoms with E-state index >= 15 is 0 Å². The Labute approximate surface area is 82.8 Å². The summed E-state index contributed by atoms with van der Waals surface area (Å²) in [6.07, 6.45) is 0.862. The summed E-state index contributed by atoms with van der Waals surface area (Å²) in [5.74, 6) is -0.372. The first-order valence-corrected chi connectivity index (χ1v) is 4.62. The summed E-state index contributed by atoms with van der Waals surface area (Å²) in [7, 11) is 1.60. The van der Waals surface area contributed by atoms with E-state index in [1.165, 1.54) is 0 Å². The van der Waals surface area contributed by atoms with Crippen molar-refractivity contribution in [3.05, 3.63) is 0 Å². The number of nitrogens with one attached hydrogen (secondary N) is 2. The highest BCUT2D eigenvalue weighted by Gasteiger charge is 2.25. The van der Waals surface area contributed by atoms with Crippen molar-refractivity contribution in [2.45, 2.75) is 12.5 Å². The number of carbonyl (C=O) groups is 2. The summed E-state index contributed by atoms with van der Waals surface area (Å²) in [6.45, 7) is 1.52. The summed E-state index contributed by atoms with van der Waals surface area (Å²) in [4.78, 5) is 23.4. The lowest BCUT2D eigenvalue weighted by molar-refractivity contribution is -0.117. The summed E-state index contributed by atoms with van der Waals surface area (Å²) in [5.41, 5.74) is 5.00. The van der Waals surface area contributed by atoms with Crippen LogP contribution in [0.2, 0.25) is 0 Å². The largest absolute Gasteiger partial charge is 0.369 e. The molecule has 1 aliphatic heterocycles. The number of rotatable bonds is 3. The standard InChI is InChI=1S/C8H16N4O2/c1-10-8(14)12-3-2-6(5-12)11-4-7(9)13/h6,11H,2-5H2,1H3,(H2,9,13)(H,10,14). The van der Waals surface area contributed by atoms with E-state index in [-0.39, 0.29) is 24.5 Å². The highest BCUT2D eigenvalue weighted by atomic mass is 16.2. The molecule has 1 fully saturated rings. The van der Waals surface area contributed by atoms with Crippen LogP contribution in [0.3, 0.4) is 0 Å². The van der Waals surface area contributed by atoms with E-state index in [1.54, 1.807) is 11.9 Å². The Morgan fingerprint density at radius 3 is 2.86 bits per heavy atom. The molecule has 6 heteroatoms. The molecule has 1 atom stereocenters. The molecule has 1 saturated heterocycles. The third-order valence-corrected chi connectivity index (χ3v) is 2.25. The predicted octanol–water partition coefficient (Wildman–Crippen LogP) is -1.52. The van der Waals surface area contributed by atoms with E-state index in [9.17, 15) is 9.59 Å². The second kappa shape index (κ2) is 4.80. The van der Waals surface area contributed by atoms with E-state index in [2.05, 4.69) is 10.6 Å². The zero-order chi connectivity index (χ0) is 10.6. The molecule has 6 nitrogen and oxygen atoms in total. The van der Waals surface area contributed by atoms with Gasteiger partial charge in [0.15, 0.2) is 0 Å². The van der Waals surface area contributed by atoms with Gasteiger partial charge < -0.3 is 21.3 Å². The molecule has 0 bridgehead atoms. The predicted molar refractivity (Wildman–Crippen MR) is 51.6 cm³/mol. The van der Waals surface area contributed by atoms with Crippen molar-refractivity contribution in [2.75, 3.05) is 26.7 Å². The number of amides is 3. The number of hydrogen-bond acceptors (Lipinski definition) is 3. The Kier molecular flexibility index (Phi) is 3.70. The second-order valence-electron chi connectivity index (χ2n) is 3.33. The number of nitrogens with zero attached hydrogens (tertiary/aromatic N) is 1. The molecule has 1 aliphatic rings. The average molecular weight is 200 g/mol. The molecule has 0 saturated carbocycles. The zero-order valence-electron chi connectivity index (χ0n) is 8.25. The minimum absolute atomic E-state index is 0.0756. The maximum atomic E-state index is 11.2. The van der Waals surface area contributed by atoms with Crippen LogP contribution in [0.4, 0.5) is 4.79 Å². The Hall–Kier alpha value is -1.30. The van der Waals surface area contributed by atoms with Crippen molar-refractivity contribution in [3.63, 3.8) is 0 Å². The van der Waals surface area contributed by atoms with Gasteiger partial charge in [-0.25, -0.2) is 4.79 Å². The first-order valence-electron chi connectivity index (χ1n) is 4.62. The number of hydrogen-bond donors (Lipinski definition) is 3. The van der Waals surface area contributed by atoms with Gasteiger partial charge in [0.2, 0.25) is 5.91 Å². The summed E-state index contributed by atoms with van der Waals surface area (Å²) in [6, 6.07) is 0.105. The van der Waals surface area contributed by atoms with Crippen LogP contribution >= 0.6 is 0 Å². The molecule has 14 heavy (non-hydrogen) atoms. The second-order valence-corrected chi connectivity index (χ2v) is 3.33. The van der Waals surface area contributed by atoms with Crippen LogP contribution in [0, 0.1) is 0 Å². The molecule has 0 aliphatic carbocycles. The minimum atomic E-state index is -0.372. The van der Waals surface area contributed by atoms with Gasteiger partial charge in [-0.2, -0.15) is 0 Å². The third kappa shape index (κ3) is 2.88. The van der Waals surface area contributed by atoms with Crippen LogP contribution in [0.5, 0.6) is 0 Å². The van der Waals surface area contributed by atoms with Crippen LogP contribution in [0.15, 0.2) is 0 Å². The number of urea groups is 1.